The van der Waals surface area contributed by atoms with E-state index in [9.17, 15) is 17.6 Å². The number of carbonyl (C=O) groups excluding carboxylic acids is 1. The Hall–Kier alpha value is -2.66. The number of fused-ring (bicyclic) bond motifs is 1. The third kappa shape index (κ3) is 4.15. The molecule has 3 heterocycles. The van der Waals surface area contributed by atoms with Gasteiger partial charge < -0.3 is 19.7 Å². The van der Waals surface area contributed by atoms with Gasteiger partial charge in [-0.2, -0.15) is 4.31 Å². The normalized spacial score (nSPS) is 19.4. The summed E-state index contributed by atoms with van der Waals surface area (Å²) in [5.74, 6) is 0.0864. The molecule has 11 heteroatoms. The lowest BCUT2D eigenvalue weighted by Gasteiger charge is -2.34. The lowest BCUT2D eigenvalue weighted by atomic mass is 9.80. The fourth-order valence-corrected chi connectivity index (χ4v) is 6.73. The van der Waals surface area contributed by atoms with Crippen LogP contribution in [-0.4, -0.2) is 76.5 Å². The number of halogens is 2. The van der Waals surface area contributed by atoms with E-state index in [-0.39, 0.29) is 41.0 Å². The summed E-state index contributed by atoms with van der Waals surface area (Å²) >= 11 is 6.01. The minimum atomic E-state index is -3.76. The topological polar surface area (TPSA) is 88.2 Å². The van der Waals surface area contributed by atoms with Crippen molar-refractivity contribution in [2.75, 3.05) is 53.0 Å². The summed E-state index contributed by atoms with van der Waals surface area (Å²) in [5.41, 5.74) is 0.829. The minimum Gasteiger partial charge on any atom is -0.486 e. The van der Waals surface area contributed by atoms with Crippen molar-refractivity contribution in [2.45, 2.75) is 17.2 Å². The Bertz CT molecular complexity index is 1350. The highest BCUT2D eigenvalue weighted by Gasteiger charge is 2.44. The monoisotopic (exact) mass is 535 g/mol. The van der Waals surface area contributed by atoms with Gasteiger partial charge in [0.1, 0.15) is 19.0 Å². The second-order valence-corrected chi connectivity index (χ2v) is 11.8. The fourth-order valence-electron chi connectivity index (χ4n) is 5.11. The quantitative estimate of drug-likeness (QED) is 0.572. The Balaban J connectivity index is 1.32. The molecule has 3 aliphatic rings. The van der Waals surface area contributed by atoms with Crippen LogP contribution in [0.2, 0.25) is 5.02 Å². The lowest BCUT2D eigenvalue weighted by Crippen LogP contribution is -2.50. The number of nitrogens with zero attached hydrogens (tertiary/aromatic N) is 2. The van der Waals surface area contributed by atoms with Crippen LogP contribution in [-0.2, 0) is 20.2 Å². The number of sulfonamides is 1. The number of hydrogen-bond acceptors (Lipinski definition) is 6. The van der Waals surface area contributed by atoms with E-state index in [4.69, 9.17) is 21.1 Å². The Kier molecular flexibility index (Phi) is 6.48. The highest BCUT2D eigenvalue weighted by Crippen LogP contribution is 2.37. The SMILES string of the molecule is CNCC(C)(C(=O)N1CC2=C(C1)CN(S(=O)(=O)c1ccc3c(c1)OCCO3)C2)c1cccc(Cl)c1F. The van der Waals surface area contributed by atoms with Crippen LogP contribution >= 0.6 is 11.6 Å². The van der Waals surface area contributed by atoms with Crippen molar-refractivity contribution in [3.05, 3.63) is 63.9 Å². The molecular formula is C25H27ClFN3O5S. The first kappa shape index (κ1) is 25.0. The van der Waals surface area contributed by atoms with Crippen LogP contribution in [0.5, 0.6) is 11.5 Å². The summed E-state index contributed by atoms with van der Waals surface area (Å²) in [6, 6.07) is 9.28. The van der Waals surface area contributed by atoms with Gasteiger partial charge in [0, 0.05) is 44.4 Å². The molecule has 0 fully saturated rings. The molecular weight excluding hydrogens is 509 g/mol. The first-order chi connectivity index (χ1) is 17.1. The molecule has 0 saturated heterocycles. The molecule has 1 atom stereocenters. The number of carbonyl (C=O) groups is 1. The number of nitrogens with one attached hydrogen (secondary N) is 1. The predicted octanol–water partition coefficient (Wildman–Crippen LogP) is 2.57. The van der Waals surface area contributed by atoms with Crippen LogP contribution in [0.1, 0.15) is 12.5 Å². The molecule has 1 unspecified atom stereocenters. The summed E-state index contributed by atoms with van der Waals surface area (Å²) in [7, 11) is -2.06. The summed E-state index contributed by atoms with van der Waals surface area (Å²) in [6.07, 6.45) is 0. The van der Waals surface area contributed by atoms with Gasteiger partial charge in [-0.15, -0.1) is 0 Å². The number of likely N-dealkylation sites (N-methyl/N-ethyl adjacent to an activating group) is 1. The van der Waals surface area contributed by atoms with E-state index in [1.165, 1.54) is 22.5 Å². The van der Waals surface area contributed by atoms with Crippen LogP contribution in [0.4, 0.5) is 4.39 Å². The first-order valence-corrected chi connectivity index (χ1v) is 13.4. The van der Waals surface area contributed by atoms with Crippen molar-refractivity contribution >= 4 is 27.5 Å². The largest absolute Gasteiger partial charge is 0.486 e. The van der Waals surface area contributed by atoms with Gasteiger partial charge >= 0.3 is 0 Å². The number of hydrogen-bond donors (Lipinski definition) is 1. The summed E-state index contributed by atoms with van der Waals surface area (Å²) in [5, 5.41) is 2.96. The summed E-state index contributed by atoms with van der Waals surface area (Å²) in [4.78, 5) is 15.5. The molecule has 0 spiro atoms. The van der Waals surface area contributed by atoms with Gasteiger partial charge in [-0.05, 0) is 43.3 Å². The van der Waals surface area contributed by atoms with Crippen molar-refractivity contribution < 1.29 is 27.1 Å². The molecule has 0 saturated carbocycles. The molecule has 192 valence electrons. The standard InChI is InChI=1S/C25H27ClFN3O5S/c1-25(15-28-2,19-4-3-5-20(26)23(19)27)24(31)29-11-16-13-30(14-17(16)12-29)36(32,33)18-6-7-21-22(10-18)35-9-8-34-21/h3-7,10,28H,8-9,11-15H2,1-2H3. The van der Waals surface area contributed by atoms with Crippen LogP contribution in [0, 0.1) is 5.82 Å². The van der Waals surface area contributed by atoms with Crippen molar-refractivity contribution in [1.82, 2.24) is 14.5 Å². The molecule has 0 aromatic heterocycles. The van der Waals surface area contributed by atoms with Gasteiger partial charge in [0.25, 0.3) is 0 Å². The second-order valence-electron chi connectivity index (χ2n) is 9.41. The maximum Gasteiger partial charge on any atom is 0.243 e. The zero-order chi connectivity index (χ0) is 25.7. The lowest BCUT2D eigenvalue weighted by molar-refractivity contribution is -0.135. The van der Waals surface area contributed by atoms with Gasteiger partial charge in [-0.3, -0.25) is 4.79 Å². The average molecular weight is 536 g/mol. The molecule has 0 radical (unpaired) electrons. The van der Waals surface area contributed by atoms with E-state index in [0.29, 0.717) is 37.8 Å². The Morgan fingerprint density at radius 1 is 1.08 bits per heavy atom. The van der Waals surface area contributed by atoms with E-state index in [0.717, 1.165) is 11.1 Å². The van der Waals surface area contributed by atoms with Crippen LogP contribution < -0.4 is 14.8 Å². The third-order valence-electron chi connectivity index (χ3n) is 6.98. The van der Waals surface area contributed by atoms with E-state index in [1.54, 1.807) is 37.1 Å². The molecule has 0 aliphatic carbocycles. The highest BCUT2D eigenvalue weighted by atomic mass is 35.5. The number of benzene rings is 2. The molecule has 3 aliphatic heterocycles. The number of ether oxygens (including phenoxy) is 2. The second kappa shape index (κ2) is 9.33. The van der Waals surface area contributed by atoms with Gasteiger partial charge in [0.15, 0.2) is 11.5 Å². The minimum absolute atomic E-state index is 0.0374. The van der Waals surface area contributed by atoms with Crippen molar-refractivity contribution in [1.29, 1.82) is 0 Å². The molecule has 2 aromatic rings. The van der Waals surface area contributed by atoms with Crippen LogP contribution in [0.25, 0.3) is 0 Å². The van der Waals surface area contributed by atoms with Crippen LogP contribution in [0.15, 0.2) is 52.4 Å². The number of amides is 1. The molecule has 8 nitrogen and oxygen atoms in total. The van der Waals surface area contributed by atoms with Crippen molar-refractivity contribution in [3.8, 4) is 11.5 Å². The van der Waals surface area contributed by atoms with Crippen molar-refractivity contribution in [2.24, 2.45) is 0 Å². The zero-order valence-electron chi connectivity index (χ0n) is 20.0. The Labute approximate surface area is 214 Å². The summed E-state index contributed by atoms with van der Waals surface area (Å²) < 4.78 is 54.0. The first-order valence-electron chi connectivity index (χ1n) is 11.6. The molecule has 1 amide bonds. The average Bonchev–Trinajstić information content (AvgIpc) is 3.45. The van der Waals surface area contributed by atoms with Gasteiger partial charge in [-0.1, -0.05) is 23.7 Å². The van der Waals surface area contributed by atoms with E-state index in [1.807, 2.05) is 0 Å². The fraction of sp³-hybridized carbons (Fsp3) is 0.400. The third-order valence-corrected chi connectivity index (χ3v) is 9.06. The molecule has 5 rings (SSSR count). The molecule has 2 aromatic carbocycles. The van der Waals surface area contributed by atoms with Crippen molar-refractivity contribution in [3.63, 3.8) is 0 Å². The van der Waals surface area contributed by atoms with E-state index >= 15 is 0 Å². The Morgan fingerprint density at radius 3 is 2.42 bits per heavy atom. The zero-order valence-corrected chi connectivity index (χ0v) is 21.6. The van der Waals surface area contributed by atoms with E-state index in [2.05, 4.69) is 5.32 Å². The van der Waals surface area contributed by atoms with Crippen LogP contribution in [0.3, 0.4) is 0 Å². The highest BCUT2D eigenvalue weighted by molar-refractivity contribution is 7.89. The molecule has 1 N–H and O–H groups in total. The van der Waals surface area contributed by atoms with Gasteiger partial charge in [0.05, 0.1) is 15.3 Å². The predicted molar refractivity (Wildman–Crippen MR) is 132 cm³/mol. The Morgan fingerprint density at radius 2 is 1.75 bits per heavy atom. The smallest absolute Gasteiger partial charge is 0.243 e. The van der Waals surface area contributed by atoms with Gasteiger partial charge in [0.2, 0.25) is 15.9 Å². The maximum atomic E-state index is 14.9. The number of rotatable bonds is 6. The molecule has 36 heavy (non-hydrogen) atoms. The maximum absolute atomic E-state index is 14.9. The van der Waals surface area contributed by atoms with Gasteiger partial charge in [-0.25, -0.2) is 12.8 Å². The van der Waals surface area contributed by atoms with E-state index < -0.39 is 21.3 Å². The molecule has 0 bridgehead atoms. The summed E-state index contributed by atoms with van der Waals surface area (Å²) in [6.45, 7) is 3.69.